The Morgan fingerprint density at radius 3 is 2.21 bits per heavy atom. The summed E-state index contributed by atoms with van der Waals surface area (Å²) in [7, 11) is 4.54. The summed E-state index contributed by atoms with van der Waals surface area (Å²) in [4.78, 5) is 28.9. The molecule has 2 amide bonds. The van der Waals surface area contributed by atoms with E-state index in [0.29, 0.717) is 34.5 Å². The topological polar surface area (TPSA) is 77.1 Å². The van der Waals surface area contributed by atoms with Crippen molar-refractivity contribution >= 4 is 29.3 Å². The summed E-state index contributed by atoms with van der Waals surface area (Å²) in [5, 5.41) is 2.90. The third-order valence-corrected chi connectivity index (χ3v) is 7.30. The van der Waals surface area contributed by atoms with E-state index < -0.39 is 6.04 Å². The number of nitrogens with zero attached hydrogens (tertiary/aromatic N) is 1. The minimum absolute atomic E-state index is 0.109. The lowest BCUT2D eigenvalue weighted by atomic mass is 10.1. The van der Waals surface area contributed by atoms with Crippen LogP contribution in [0.2, 0.25) is 0 Å². The van der Waals surface area contributed by atoms with Crippen LogP contribution in [0.25, 0.3) is 0 Å². The molecule has 0 aliphatic carbocycles. The monoisotopic (exact) mass is 486 g/mol. The van der Waals surface area contributed by atoms with Crippen LogP contribution in [0.3, 0.4) is 0 Å². The first-order valence-electron chi connectivity index (χ1n) is 11.3. The van der Waals surface area contributed by atoms with Crippen LogP contribution in [0.15, 0.2) is 30.3 Å². The first-order chi connectivity index (χ1) is 16.2. The summed E-state index contributed by atoms with van der Waals surface area (Å²) in [6, 6.07) is 8.50. The summed E-state index contributed by atoms with van der Waals surface area (Å²) >= 11 is 1.64. The fraction of sp³-hybridized carbons (Fsp3) is 0.462. The van der Waals surface area contributed by atoms with E-state index in [1.165, 1.54) is 21.3 Å². The lowest BCUT2D eigenvalue weighted by Crippen LogP contribution is -2.48. The first-order valence-corrected chi connectivity index (χ1v) is 12.4. The van der Waals surface area contributed by atoms with E-state index in [4.69, 9.17) is 14.2 Å². The molecule has 0 spiro atoms. The molecule has 1 saturated heterocycles. The summed E-state index contributed by atoms with van der Waals surface area (Å²) in [5.74, 6) is 1.68. The number of anilines is 1. The molecule has 2 aromatic carbocycles. The third kappa shape index (κ3) is 5.43. The summed E-state index contributed by atoms with van der Waals surface area (Å²) in [5.41, 5.74) is 3.37. The van der Waals surface area contributed by atoms with Crippen molar-refractivity contribution in [2.45, 2.75) is 45.5 Å². The molecule has 1 heterocycles. The second-order valence-electron chi connectivity index (χ2n) is 8.85. The minimum atomic E-state index is -0.595. The zero-order valence-corrected chi connectivity index (χ0v) is 21.7. The Morgan fingerprint density at radius 1 is 1.03 bits per heavy atom. The predicted octanol–water partition coefficient (Wildman–Crippen LogP) is 4.90. The second-order valence-corrected chi connectivity index (χ2v) is 10.1. The maximum absolute atomic E-state index is 13.8. The number of carbonyl (C=O) groups excluding carboxylic acids is 2. The molecule has 2 atom stereocenters. The van der Waals surface area contributed by atoms with Crippen molar-refractivity contribution in [1.29, 1.82) is 0 Å². The molecule has 8 heteroatoms. The Balaban J connectivity index is 1.95. The quantitative estimate of drug-likeness (QED) is 0.572. The molecule has 1 aliphatic heterocycles. The number of methoxy groups -OCH3 is 3. The highest BCUT2D eigenvalue weighted by atomic mass is 32.2. The minimum Gasteiger partial charge on any atom is -0.493 e. The zero-order valence-electron chi connectivity index (χ0n) is 20.9. The highest BCUT2D eigenvalue weighted by molar-refractivity contribution is 8.00. The molecular formula is C26H34N2O5S. The number of carbonyl (C=O) groups is 2. The second kappa shape index (κ2) is 11.0. The van der Waals surface area contributed by atoms with Gasteiger partial charge in [0, 0.05) is 17.0 Å². The first kappa shape index (κ1) is 25.7. The Kier molecular flexibility index (Phi) is 8.36. The molecule has 1 aliphatic rings. The van der Waals surface area contributed by atoms with Crippen LogP contribution in [-0.2, 0) is 4.79 Å². The average molecular weight is 487 g/mol. The van der Waals surface area contributed by atoms with Crippen molar-refractivity contribution in [3.05, 3.63) is 47.0 Å². The van der Waals surface area contributed by atoms with Crippen molar-refractivity contribution in [2.24, 2.45) is 5.92 Å². The molecule has 2 aromatic rings. The van der Waals surface area contributed by atoms with Gasteiger partial charge >= 0.3 is 0 Å². The van der Waals surface area contributed by atoms with Gasteiger partial charge in [0.15, 0.2) is 11.5 Å². The van der Waals surface area contributed by atoms with Crippen LogP contribution in [0.1, 0.15) is 41.8 Å². The predicted molar refractivity (Wildman–Crippen MR) is 136 cm³/mol. The lowest BCUT2D eigenvalue weighted by Gasteiger charge is -2.30. The van der Waals surface area contributed by atoms with Gasteiger partial charge in [-0.15, -0.1) is 11.8 Å². The van der Waals surface area contributed by atoms with E-state index in [1.807, 2.05) is 32.0 Å². The molecule has 7 nitrogen and oxygen atoms in total. The third-order valence-electron chi connectivity index (χ3n) is 5.99. The standard InChI is InChI=1S/C26H34N2O5S/c1-15(2)10-23-28(26(30)18-12-21(31-5)24(33-7)22(13-18)32-6)20(14-34-23)25(29)27-19-9-8-16(3)17(4)11-19/h8-9,11-13,15,20,23H,10,14H2,1-7H3,(H,27,29). The summed E-state index contributed by atoms with van der Waals surface area (Å²) in [6.45, 7) is 8.27. The van der Waals surface area contributed by atoms with E-state index >= 15 is 0 Å². The number of hydrogen-bond donors (Lipinski definition) is 1. The van der Waals surface area contributed by atoms with Crippen LogP contribution in [0.4, 0.5) is 5.69 Å². The largest absolute Gasteiger partial charge is 0.493 e. The van der Waals surface area contributed by atoms with E-state index in [0.717, 1.165) is 23.2 Å². The number of hydrogen-bond acceptors (Lipinski definition) is 6. The molecule has 1 N–H and O–H groups in total. The highest BCUT2D eigenvalue weighted by Crippen LogP contribution is 2.40. The van der Waals surface area contributed by atoms with Crippen molar-refractivity contribution in [1.82, 2.24) is 4.90 Å². The smallest absolute Gasteiger partial charge is 0.255 e. The molecular weight excluding hydrogens is 452 g/mol. The summed E-state index contributed by atoms with van der Waals surface area (Å²) in [6.07, 6.45) is 0.786. The SMILES string of the molecule is COc1cc(C(=O)N2C(CC(C)C)SCC2C(=O)Nc2ccc(C)c(C)c2)cc(OC)c1OC. The Hall–Kier alpha value is -2.87. The van der Waals surface area contributed by atoms with Crippen molar-refractivity contribution in [3.8, 4) is 17.2 Å². The van der Waals surface area contributed by atoms with E-state index in [1.54, 1.807) is 28.8 Å². The number of benzene rings is 2. The zero-order chi connectivity index (χ0) is 25.0. The van der Waals surface area contributed by atoms with Gasteiger partial charge in [0.2, 0.25) is 11.7 Å². The lowest BCUT2D eigenvalue weighted by molar-refractivity contribution is -0.119. The molecule has 3 rings (SSSR count). The Labute approximate surface area is 206 Å². The van der Waals surface area contributed by atoms with Gasteiger partial charge in [-0.3, -0.25) is 9.59 Å². The molecule has 0 aromatic heterocycles. The van der Waals surface area contributed by atoms with Crippen LogP contribution in [0.5, 0.6) is 17.2 Å². The van der Waals surface area contributed by atoms with Crippen molar-refractivity contribution < 1.29 is 23.8 Å². The summed E-state index contributed by atoms with van der Waals surface area (Å²) < 4.78 is 16.3. The van der Waals surface area contributed by atoms with Gasteiger partial charge in [0.1, 0.15) is 6.04 Å². The van der Waals surface area contributed by atoms with Crippen LogP contribution >= 0.6 is 11.8 Å². The Bertz CT molecular complexity index is 1030. The normalized spacial score (nSPS) is 17.6. The fourth-order valence-corrected chi connectivity index (χ4v) is 5.66. The fourth-order valence-electron chi connectivity index (χ4n) is 4.02. The van der Waals surface area contributed by atoms with E-state index in [9.17, 15) is 9.59 Å². The van der Waals surface area contributed by atoms with Gasteiger partial charge in [-0.1, -0.05) is 19.9 Å². The number of ether oxygens (including phenoxy) is 3. The number of rotatable bonds is 8. The molecule has 0 saturated carbocycles. The van der Waals surface area contributed by atoms with E-state index in [2.05, 4.69) is 19.2 Å². The molecule has 1 fully saturated rings. The molecule has 0 radical (unpaired) electrons. The van der Waals surface area contributed by atoms with Crippen LogP contribution < -0.4 is 19.5 Å². The highest BCUT2D eigenvalue weighted by Gasteiger charge is 2.42. The maximum Gasteiger partial charge on any atom is 0.255 e. The van der Waals surface area contributed by atoms with Gasteiger partial charge in [0.25, 0.3) is 5.91 Å². The molecule has 0 bridgehead atoms. The number of amides is 2. The van der Waals surface area contributed by atoms with Gasteiger partial charge in [-0.25, -0.2) is 0 Å². The van der Waals surface area contributed by atoms with Crippen molar-refractivity contribution in [3.63, 3.8) is 0 Å². The molecule has 34 heavy (non-hydrogen) atoms. The molecule has 184 valence electrons. The number of aryl methyl sites for hydroxylation is 2. The van der Waals surface area contributed by atoms with Crippen molar-refractivity contribution in [2.75, 3.05) is 32.4 Å². The number of nitrogens with one attached hydrogen (secondary N) is 1. The van der Waals surface area contributed by atoms with Crippen LogP contribution in [-0.4, -0.2) is 55.2 Å². The van der Waals surface area contributed by atoms with Gasteiger partial charge in [-0.05, 0) is 61.6 Å². The van der Waals surface area contributed by atoms with Crippen LogP contribution in [0, 0.1) is 19.8 Å². The van der Waals surface area contributed by atoms with Gasteiger partial charge in [0.05, 0.1) is 26.7 Å². The Morgan fingerprint density at radius 2 is 1.68 bits per heavy atom. The maximum atomic E-state index is 13.8. The van der Waals surface area contributed by atoms with Gasteiger partial charge < -0.3 is 24.4 Å². The average Bonchev–Trinajstić information content (AvgIpc) is 3.22. The van der Waals surface area contributed by atoms with E-state index in [-0.39, 0.29) is 17.2 Å². The molecule has 2 unspecified atom stereocenters. The van der Waals surface area contributed by atoms with Gasteiger partial charge in [-0.2, -0.15) is 0 Å². The number of thioether (sulfide) groups is 1.